The summed E-state index contributed by atoms with van der Waals surface area (Å²) < 4.78 is 0. The average Bonchev–Trinajstić information content (AvgIpc) is 2.95. The normalized spacial score (nSPS) is 11.6. The number of aromatic nitrogens is 3. The molecule has 0 unspecified atom stereocenters. The van der Waals surface area contributed by atoms with Crippen LogP contribution in [0.4, 0.5) is 5.69 Å². The van der Waals surface area contributed by atoms with Gasteiger partial charge in [0.1, 0.15) is 5.82 Å². The van der Waals surface area contributed by atoms with E-state index < -0.39 is 0 Å². The van der Waals surface area contributed by atoms with Crippen molar-refractivity contribution in [3.8, 4) is 0 Å². The summed E-state index contributed by atoms with van der Waals surface area (Å²) in [6.45, 7) is 7.02. The van der Waals surface area contributed by atoms with Crippen molar-refractivity contribution in [3.05, 3.63) is 54.1 Å². The molecule has 0 aliphatic carbocycles. The Morgan fingerprint density at radius 2 is 2.04 bits per heavy atom. The van der Waals surface area contributed by atoms with Gasteiger partial charge in [-0.1, -0.05) is 18.7 Å². The number of nitrogens with zero attached hydrogens (tertiary/aromatic N) is 2. The Labute approximate surface area is 134 Å². The van der Waals surface area contributed by atoms with E-state index in [1.807, 2.05) is 6.92 Å². The highest BCUT2D eigenvalue weighted by Crippen LogP contribution is 2.11. The SMILES string of the molecule is C=CC(=O)Nc1ccc(CC(=O)N[C@H](C)c2n[nH]c(C)n2)cc1. The number of H-pyrrole nitrogens is 1. The minimum atomic E-state index is -0.272. The molecule has 1 heterocycles. The van der Waals surface area contributed by atoms with Gasteiger partial charge < -0.3 is 10.6 Å². The van der Waals surface area contributed by atoms with E-state index in [9.17, 15) is 9.59 Å². The first-order valence-corrected chi connectivity index (χ1v) is 7.18. The highest BCUT2D eigenvalue weighted by Gasteiger charge is 2.13. The van der Waals surface area contributed by atoms with Crippen LogP contribution in [-0.4, -0.2) is 27.0 Å². The highest BCUT2D eigenvalue weighted by molar-refractivity contribution is 5.98. The maximum Gasteiger partial charge on any atom is 0.247 e. The third-order valence-electron chi connectivity index (χ3n) is 3.15. The molecule has 2 rings (SSSR count). The van der Waals surface area contributed by atoms with Crippen molar-refractivity contribution in [2.75, 3.05) is 5.32 Å². The van der Waals surface area contributed by atoms with Crippen LogP contribution in [0.2, 0.25) is 0 Å². The lowest BCUT2D eigenvalue weighted by Gasteiger charge is -2.10. The molecule has 0 fully saturated rings. The van der Waals surface area contributed by atoms with Gasteiger partial charge in [-0.2, -0.15) is 5.10 Å². The summed E-state index contributed by atoms with van der Waals surface area (Å²) in [5, 5.41) is 12.3. The van der Waals surface area contributed by atoms with Crippen LogP contribution < -0.4 is 10.6 Å². The molecule has 0 bridgehead atoms. The van der Waals surface area contributed by atoms with Gasteiger partial charge in [0, 0.05) is 5.69 Å². The number of amides is 2. The lowest BCUT2D eigenvalue weighted by molar-refractivity contribution is -0.121. The summed E-state index contributed by atoms with van der Waals surface area (Å²) in [4.78, 5) is 27.4. The summed E-state index contributed by atoms with van der Waals surface area (Å²) >= 11 is 0. The molecule has 23 heavy (non-hydrogen) atoms. The van der Waals surface area contributed by atoms with Crippen molar-refractivity contribution in [3.63, 3.8) is 0 Å². The summed E-state index contributed by atoms with van der Waals surface area (Å²) in [5.74, 6) is 0.866. The largest absolute Gasteiger partial charge is 0.346 e. The Morgan fingerprint density at radius 3 is 2.61 bits per heavy atom. The van der Waals surface area contributed by atoms with Crippen LogP contribution in [0.25, 0.3) is 0 Å². The highest BCUT2D eigenvalue weighted by atomic mass is 16.2. The first-order valence-electron chi connectivity index (χ1n) is 7.18. The smallest absolute Gasteiger partial charge is 0.247 e. The van der Waals surface area contributed by atoms with Crippen LogP contribution in [0, 0.1) is 6.92 Å². The molecule has 0 radical (unpaired) electrons. The van der Waals surface area contributed by atoms with E-state index in [0.717, 1.165) is 5.56 Å². The number of nitrogens with one attached hydrogen (secondary N) is 3. The number of hydrogen-bond donors (Lipinski definition) is 3. The van der Waals surface area contributed by atoms with Crippen molar-refractivity contribution >= 4 is 17.5 Å². The van der Waals surface area contributed by atoms with E-state index in [2.05, 4.69) is 32.4 Å². The molecule has 7 heteroatoms. The van der Waals surface area contributed by atoms with Crippen LogP contribution in [0.5, 0.6) is 0 Å². The van der Waals surface area contributed by atoms with E-state index in [-0.39, 0.29) is 24.3 Å². The Bertz CT molecular complexity index is 706. The summed E-state index contributed by atoms with van der Waals surface area (Å²) in [5.41, 5.74) is 1.50. The maximum atomic E-state index is 12.1. The predicted molar refractivity (Wildman–Crippen MR) is 86.7 cm³/mol. The second-order valence-electron chi connectivity index (χ2n) is 5.14. The fourth-order valence-electron chi connectivity index (χ4n) is 2.00. The van der Waals surface area contributed by atoms with Crippen molar-refractivity contribution in [1.82, 2.24) is 20.5 Å². The second kappa shape index (κ2) is 7.35. The molecule has 0 spiro atoms. The fourth-order valence-corrected chi connectivity index (χ4v) is 2.00. The quantitative estimate of drug-likeness (QED) is 0.706. The number of rotatable bonds is 6. The molecule has 7 nitrogen and oxygen atoms in total. The van der Waals surface area contributed by atoms with E-state index in [0.29, 0.717) is 17.3 Å². The molecule has 120 valence electrons. The molecule has 3 N–H and O–H groups in total. The van der Waals surface area contributed by atoms with Crippen LogP contribution in [0.15, 0.2) is 36.9 Å². The zero-order valence-electron chi connectivity index (χ0n) is 13.1. The van der Waals surface area contributed by atoms with Gasteiger partial charge in [0.2, 0.25) is 11.8 Å². The number of carbonyl (C=O) groups excluding carboxylic acids is 2. The monoisotopic (exact) mass is 313 g/mol. The Balaban J connectivity index is 1.89. The molecule has 0 saturated heterocycles. The molecule has 1 aromatic carbocycles. The van der Waals surface area contributed by atoms with Gasteiger partial charge in [0.25, 0.3) is 0 Å². The van der Waals surface area contributed by atoms with Crippen LogP contribution in [0.1, 0.15) is 30.2 Å². The third-order valence-corrected chi connectivity index (χ3v) is 3.15. The van der Waals surface area contributed by atoms with Crippen LogP contribution in [-0.2, 0) is 16.0 Å². The van der Waals surface area contributed by atoms with Gasteiger partial charge in [-0.3, -0.25) is 14.7 Å². The number of aromatic amines is 1. The summed E-state index contributed by atoms with van der Waals surface area (Å²) in [6, 6.07) is 6.80. The fraction of sp³-hybridized carbons (Fsp3) is 0.250. The van der Waals surface area contributed by atoms with Crippen molar-refractivity contribution in [1.29, 1.82) is 0 Å². The van der Waals surface area contributed by atoms with Crippen LogP contribution >= 0.6 is 0 Å². The Morgan fingerprint density at radius 1 is 1.35 bits per heavy atom. The first kappa shape index (κ1) is 16.4. The zero-order chi connectivity index (χ0) is 16.8. The number of aryl methyl sites for hydroxylation is 1. The predicted octanol–water partition coefficient (Wildman–Crippen LogP) is 1.66. The lowest BCUT2D eigenvalue weighted by Crippen LogP contribution is -2.28. The van der Waals surface area contributed by atoms with Gasteiger partial charge in [-0.15, -0.1) is 0 Å². The molecule has 0 saturated carbocycles. The van der Waals surface area contributed by atoms with Crippen molar-refractivity contribution in [2.45, 2.75) is 26.3 Å². The van der Waals surface area contributed by atoms with E-state index >= 15 is 0 Å². The molecular weight excluding hydrogens is 294 g/mol. The zero-order valence-corrected chi connectivity index (χ0v) is 13.1. The number of hydrogen-bond acceptors (Lipinski definition) is 4. The topological polar surface area (TPSA) is 99.8 Å². The van der Waals surface area contributed by atoms with E-state index in [1.54, 1.807) is 31.2 Å². The molecular formula is C16H19N5O2. The maximum absolute atomic E-state index is 12.1. The van der Waals surface area contributed by atoms with Crippen molar-refractivity contribution in [2.24, 2.45) is 0 Å². The Kier molecular flexibility index (Phi) is 5.24. The third kappa shape index (κ3) is 4.77. The number of benzene rings is 1. The van der Waals surface area contributed by atoms with Gasteiger partial charge in [-0.05, 0) is 37.6 Å². The summed E-state index contributed by atoms with van der Waals surface area (Å²) in [6.07, 6.45) is 1.44. The van der Waals surface area contributed by atoms with Gasteiger partial charge in [-0.25, -0.2) is 4.98 Å². The molecule has 0 aliphatic heterocycles. The van der Waals surface area contributed by atoms with Gasteiger partial charge in [0.15, 0.2) is 5.82 Å². The van der Waals surface area contributed by atoms with E-state index in [1.165, 1.54) is 6.08 Å². The minimum Gasteiger partial charge on any atom is -0.346 e. The van der Waals surface area contributed by atoms with Crippen molar-refractivity contribution < 1.29 is 9.59 Å². The molecule has 0 aliphatic rings. The summed E-state index contributed by atoms with van der Waals surface area (Å²) in [7, 11) is 0. The Hall–Kier alpha value is -2.96. The molecule has 2 aromatic rings. The first-order chi connectivity index (χ1) is 11.0. The van der Waals surface area contributed by atoms with Crippen LogP contribution in [0.3, 0.4) is 0 Å². The van der Waals surface area contributed by atoms with Gasteiger partial charge in [0.05, 0.1) is 12.5 Å². The second-order valence-corrected chi connectivity index (χ2v) is 5.14. The standard InChI is InChI=1S/C16H19N5O2/c1-4-14(22)19-13-7-5-12(6-8-13)9-15(23)17-10(2)16-18-11(3)20-21-16/h4-8,10H,1,9H2,2-3H3,(H,17,23)(H,19,22)(H,18,20,21)/t10-/m1/s1. The number of carbonyl (C=O) groups is 2. The van der Waals surface area contributed by atoms with Gasteiger partial charge >= 0.3 is 0 Å². The molecule has 1 atom stereocenters. The average molecular weight is 313 g/mol. The lowest BCUT2D eigenvalue weighted by atomic mass is 10.1. The molecule has 2 amide bonds. The molecule has 1 aromatic heterocycles. The number of anilines is 1. The minimum absolute atomic E-state index is 0.122. The van der Waals surface area contributed by atoms with E-state index in [4.69, 9.17) is 0 Å².